The summed E-state index contributed by atoms with van der Waals surface area (Å²) in [5.41, 5.74) is -1.43. The summed E-state index contributed by atoms with van der Waals surface area (Å²) in [5.74, 6) is -0.0931. The molecule has 1 atom stereocenters. The number of ether oxygens (including phenoxy) is 2. The average Bonchev–Trinajstić information content (AvgIpc) is 3.46. The van der Waals surface area contributed by atoms with Crippen molar-refractivity contribution in [2.75, 3.05) is 13.2 Å². The third kappa shape index (κ3) is 7.48. The van der Waals surface area contributed by atoms with E-state index in [0.29, 0.717) is 13.0 Å². The Hall–Kier alpha value is -3.04. The highest BCUT2D eigenvalue weighted by Gasteiger charge is 2.38. The Bertz CT molecular complexity index is 1040. The zero-order valence-corrected chi connectivity index (χ0v) is 21.2. The normalized spacial score (nSPS) is 16.6. The first-order valence-corrected chi connectivity index (χ1v) is 12.3. The number of halogens is 3. The van der Waals surface area contributed by atoms with Gasteiger partial charge in [-0.2, -0.15) is 18.2 Å². The number of aromatic nitrogens is 2. The Morgan fingerprint density at radius 1 is 1.22 bits per heavy atom. The molecule has 1 amide bonds. The van der Waals surface area contributed by atoms with Crippen LogP contribution in [0.1, 0.15) is 83.7 Å². The van der Waals surface area contributed by atoms with Crippen molar-refractivity contribution in [3.8, 4) is 17.1 Å². The van der Waals surface area contributed by atoms with Gasteiger partial charge in [0, 0.05) is 12.1 Å². The summed E-state index contributed by atoms with van der Waals surface area (Å²) in [4.78, 5) is 18.4. The summed E-state index contributed by atoms with van der Waals surface area (Å²) in [6.07, 6.45) is 3.97. The fraction of sp³-hybridized carbons (Fsp3) is 0.577. The van der Waals surface area contributed by atoms with Crippen molar-refractivity contribution in [2.45, 2.75) is 84.0 Å². The molecule has 0 spiro atoms. The van der Waals surface area contributed by atoms with Crippen LogP contribution in [0, 0.1) is 0 Å². The van der Waals surface area contributed by atoms with Crippen LogP contribution in [0.4, 0.5) is 18.0 Å². The van der Waals surface area contributed by atoms with Crippen LogP contribution >= 0.6 is 0 Å². The van der Waals surface area contributed by atoms with Gasteiger partial charge >= 0.3 is 12.3 Å². The van der Waals surface area contributed by atoms with Crippen molar-refractivity contribution in [3.05, 3.63) is 41.8 Å². The van der Waals surface area contributed by atoms with Gasteiger partial charge in [-0.15, -0.1) is 0 Å². The molecule has 2 heterocycles. The molecule has 1 aliphatic heterocycles. The van der Waals surface area contributed by atoms with Crippen molar-refractivity contribution < 1.29 is 32.0 Å². The van der Waals surface area contributed by atoms with Gasteiger partial charge in [0.1, 0.15) is 24.0 Å². The highest BCUT2D eigenvalue weighted by molar-refractivity contribution is 5.69. The molecular formula is C26H34F3N3O4. The van der Waals surface area contributed by atoms with Gasteiger partial charge in [-0.05, 0) is 64.7 Å². The maximum Gasteiger partial charge on any atom is 0.419 e. The fourth-order valence-corrected chi connectivity index (χ4v) is 3.90. The summed E-state index contributed by atoms with van der Waals surface area (Å²) < 4.78 is 57.5. The molecule has 10 heteroatoms. The highest BCUT2D eigenvalue weighted by Crippen LogP contribution is 2.39. The zero-order chi connectivity index (χ0) is 26.3. The van der Waals surface area contributed by atoms with Crippen molar-refractivity contribution in [3.63, 3.8) is 0 Å². The van der Waals surface area contributed by atoms with E-state index in [1.807, 2.05) is 6.08 Å². The van der Waals surface area contributed by atoms with Crippen molar-refractivity contribution in [2.24, 2.45) is 0 Å². The van der Waals surface area contributed by atoms with Gasteiger partial charge in [0.15, 0.2) is 0 Å². The lowest BCUT2D eigenvalue weighted by Crippen LogP contribution is -2.36. The topological polar surface area (TPSA) is 77.7 Å². The largest absolute Gasteiger partial charge is 0.489 e. The molecule has 3 rings (SSSR count). The highest BCUT2D eigenvalue weighted by atomic mass is 19.4. The van der Waals surface area contributed by atoms with Crippen LogP contribution in [0.3, 0.4) is 0 Å². The van der Waals surface area contributed by atoms with Gasteiger partial charge < -0.3 is 14.0 Å². The van der Waals surface area contributed by atoms with E-state index in [1.54, 1.807) is 26.8 Å². The Kier molecular flexibility index (Phi) is 9.03. The number of amides is 1. The molecule has 0 N–H and O–H groups in total. The van der Waals surface area contributed by atoms with Gasteiger partial charge in [0.2, 0.25) is 11.7 Å². The maximum atomic E-state index is 13.8. The summed E-state index contributed by atoms with van der Waals surface area (Å²) in [7, 11) is 0. The lowest BCUT2D eigenvalue weighted by atomic mass is 10.1. The van der Waals surface area contributed by atoms with Crippen LogP contribution in [0.25, 0.3) is 11.4 Å². The standard InChI is InChI=1S/C26H34F3N3O4/c1-5-6-7-8-9-10-16-34-21-14-13-18(17-19(21)26(27,28)29)22-30-23(36-31-22)20-12-11-15-32(20)24(33)35-25(2,3)4/h9-10,13-14,17,20H,5-8,11-12,15-16H2,1-4H3/b10-9+/t20-/m0/s1. The zero-order valence-electron chi connectivity index (χ0n) is 21.2. The van der Waals surface area contributed by atoms with E-state index < -0.39 is 29.5 Å². The average molecular weight is 510 g/mol. The minimum atomic E-state index is -4.62. The van der Waals surface area contributed by atoms with Crippen LogP contribution < -0.4 is 4.74 Å². The van der Waals surface area contributed by atoms with Gasteiger partial charge in [0.25, 0.3) is 0 Å². The molecule has 36 heavy (non-hydrogen) atoms. The third-order valence-corrected chi connectivity index (χ3v) is 5.63. The molecule has 1 aliphatic rings. The quantitative estimate of drug-likeness (QED) is 0.260. The maximum absolute atomic E-state index is 13.8. The molecular weight excluding hydrogens is 475 g/mol. The van der Waals surface area contributed by atoms with Gasteiger partial charge in [0.05, 0.1) is 5.56 Å². The van der Waals surface area contributed by atoms with Gasteiger partial charge in [-0.3, -0.25) is 4.90 Å². The first kappa shape index (κ1) is 27.5. The lowest BCUT2D eigenvalue weighted by Gasteiger charge is -2.26. The molecule has 0 bridgehead atoms. The minimum Gasteiger partial charge on any atom is -0.489 e. The number of likely N-dealkylation sites (tertiary alicyclic amines) is 1. The lowest BCUT2D eigenvalue weighted by molar-refractivity contribution is -0.138. The summed E-state index contributed by atoms with van der Waals surface area (Å²) >= 11 is 0. The number of benzene rings is 1. The second kappa shape index (κ2) is 11.8. The number of carbonyl (C=O) groups is 1. The van der Waals surface area contributed by atoms with Crippen molar-refractivity contribution in [1.29, 1.82) is 0 Å². The predicted octanol–water partition coefficient (Wildman–Crippen LogP) is 7.34. The molecule has 2 aromatic rings. The molecule has 1 aromatic heterocycles. The number of rotatable bonds is 9. The smallest absolute Gasteiger partial charge is 0.419 e. The predicted molar refractivity (Wildman–Crippen MR) is 128 cm³/mol. The summed E-state index contributed by atoms with van der Waals surface area (Å²) in [5, 5.41) is 3.88. The molecule has 0 radical (unpaired) electrons. The first-order valence-electron chi connectivity index (χ1n) is 12.3. The number of nitrogens with zero attached hydrogens (tertiary/aromatic N) is 3. The minimum absolute atomic E-state index is 0.00825. The Labute approximate surface area is 209 Å². The first-order chi connectivity index (χ1) is 17.0. The van der Waals surface area contributed by atoms with E-state index in [1.165, 1.54) is 17.0 Å². The van der Waals surface area contributed by atoms with E-state index in [0.717, 1.165) is 38.2 Å². The summed E-state index contributed by atoms with van der Waals surface area (Å²) in [6, 6.07) is 3.19. The Balaban J connectivity index is 1.74. The van der Waals surface area contributed by atoms with Crippen molar-refractivity contribution in [1.82, 2.24) is 15.0 Å². The molecule has 0 unspecified atom stereocenters. The molecule has 1 fully saturated rings. The number of hydrogen-bond donors (Lipinski definition) is 0. The number of alkyl halides is 3. The van der Waals surface area contributed by atoms with E-state index in [9.17, 15) is 18.0 Å². The summed E-state index contributed by atoms with van der Waals surface area (Å²) in [6.45, 7) is 7.94. The second-order valence-corrected chi connectivity index (χ2v) is 9.77. The number of allylic oxidation sites excluding steroid dienone is 1. The van der Waals surface area contributed by atoms with Crippen LogP contribution in [-0.2, 0) is 10.9 Å². The van der Waals surface area contributed by atoms with Crippen LogP contribution in [0.5, 0.6) is 5.75 Å². The molecule has 0 saturated carbocycles. The Morgan fingerprint density at radius 3 is 2.69 bits per heavy atom. The van der Waals surface area contributed by atoms with Crippen molar-refractivity contribution >= 4 is 6.09 Å². The number of carbonyl (C=O) groups excluding carboxylic acids is 1. The van der Waals surface area contributed by atoms with Gasteiger partial charge in [-0.25, -0.2) is 4.79 Å². The second-order valence-electron chi connectivity index (χ2n) is 9.77. The number of hydrogen-bond acceptors (Lipinski definition) is 6. The number of unbranched alkanes of at least 4 members (excludes halogenated alkanes) is 3. The van der Waals surface area contributed by atoms with Crippen LogP contribution in [0.2, 0.25) is 0 Å². The van der Waals surface area contributed by atoms with E-state index >= 15 is 0 Å². The molecule has 198 valence electrons. The van der Waals surface area contributed by atoms with E-state index in [-0.39, 0.29) is 29.6 Å². The van der Waals surface area contributed by atoms with Crippen LogP contribution in [0.15, 0.2) is 34.9 Å². The molecule has 1 saturated heterocycles. The fourth-order valence-electron chi connectivity index (χ4n) is 3.90. The Morgan fingerprint density at radius 2 is 2.00 bits per heavy atom. The molecule has 7 nitrogen and oxygen atoms in total. The van der Waals surface area contributed by atoms with E-state index in [4.69, 9.17) is 14.0 Å². The van der Waals surface area contributed by atoms with Crippen LogP contribution in [-0.4, -0.2) is 39.9 Å². The SMILES string of the molecule is CCCCC/C=C/COc1ccc(-c2noc([C@@H]3CCCN3C(=O)OC(C)(C)C)n2)cc1C(F)(F)F. The molecule has 0 aliphatic carbocycles. The third-order valence-electron chi connectivity index (χ3n) is 5.63. The van der Waals surface area contributed by atoms with E-state index in [2.05, 4.69) is 17.1 Å². The molecule has 1 aromatic carbocycles. The monoisotopic (exact) mass is 509 g/mol. The van der Waals surface area contributed by atoms with Gasteiger partial charge in [-0.1, -0.05) is 37.1 Å².